The number of benzene rings is 3. The number of fused-ring (bicyclic) bond motifs is 1. The largest absolute Gasteiger partial charge is 0.369 e. The maximum absolute atomic E-state index is 12.9. The average Bonchev–Trinajstić information content (AvgIpc) is 2.95. The molecule has 0 radical (unpaired) electrons. The molecule has 1 fully saturated rings. The zero-order valence-electron chi connectivity index (χ0n) is 22.7. The van der Waals surface area contributed by atoms with Gasteiger partial charge in [-0.25, -0.2) is 8.42 Å². The van der Waals surface area contributed by atoms with Crippen LogP contribution in [0.5, 0.6) is 0 Å². The Morgan fingerprint density at radius 2 is 1.67 bits per heavy atom. The maximum atomic E-state index is 12.9. The summed E-state index contributed by atoms with van der Waals surface area (Å²) in [5, 5.41) is 0.514. The van der Waals surface area contributed by atoms with Crippen molar-refractivity contribution in [3.8, 4) is 0 Å². The Balaban J connectivity index is 1.18. The highest BCUT2D eigenvalue weighted by molar-refractivity contribution is 7.92. The lowest BCUT2D eigenvalue weighted by Gasteiger charge is -2.39. The Kier molecular flexibility index (Phi) is 9.13. The third-order valence-corrected chi connectivity index (χ3v) is 9.66. The number of sulfonamides is 1. The van der Waals surface area contributed by atoms with Gasteiger partial charge in [-0.15, -0.1) is 0 Å². The van der Waals surface area contributed by atoms with E-state index >= 15 is 0 Å². The van der Waals surface area contributed by atoms with Crippen LogP contribution in [0.4, 0.5) is 11.4 Å². The molecule has 0 amide bonds. The highest BCUT2D eigenvalue weighted by Gasteiger charge is 2.26. The zero-order chi connectivity index (χ0) is 27.2. The molecule has 208 valence electrons. The van der Waals surface area contributed by atoms with E-state index < -0.39 is 10.0 Å². The summed E-state index contributed by atoms with van der Waals surface area (Å²) >= 11 is 5.93. The first-order chi connectivity index (χ1) is 18.9. The van der Waals surface area contributed by atoms with E-state index in [9.17, 15) is 8.42 Å². The molecule has 1 unspecified atom stereocenters. The van der Waals surface area contributed by atoms with Gasteiger partial charge < -0.3 is 4.90 Å². The van der Waals surface area contributed by atoms with Crippen LogP contribution in [-0.2, 0) is 22.9 Å². The maximum Gasteiger partial charge on any atom is 0.261 e. The van der Waals surface area contributed by atoms with E-state index in [1.807, 2.05) is 12.1 Å². The molecule has 0 spiro atoms. The van der Waals surface area contributed by atoms with Crippen LogP contribution in [-0.4, -0.2) is 70.1 Å². The predicted octanol–water partition coefficient (Wildman–Crippen LogP) is 5.53. The Bertz CT molecular complexity index is 1330. The SMILES string of the molecule is CCCN(CCN1CCN(c2ccccc2)CC1)C1CCc2ccc(NS(=O)(=O)c3ccc(Cl)cc3)cc2C1. The number of anilines is 2. The minimum absolute atomic E-state index is 0.209. The molecule has 39 heavy (non-hydrogen) atoms. The van der Waals surface area contributed by atoms with Crippen molar-refractivity contribution < 1.29 is 8.42 Å². The normalized spacial score (nSPS) is 18.2. The second-order valence-corrected chi connectivity index (χ2v) is 12.8. The number of halogens is 1. The molecular weight excluding hydrogens is 528 g/mol. The summed E-state index contributed by atoms with van der Waals surface area (Å²) in [6.45, 7) is 9.85. The van der Waals surface area contributed by atoms with E-state index in [0.29, 0.717) is 16.8 Å². The van der Waals surface area contributed by atoms with E-state index in [0.717, 1.165) is 71.5 Å². The molecule has 0 saturated carbocycles. The minimum Gasteiger partial charge on any atom is -0.369 e. The second kappa shape index (κ2) is 12.7. The molecule has 1 heterocycles. The van der Waals surface area contributed by atoms with Crippen molar-refractivity contribution in [1.82, 2.24) is 9.80 Å². The monoisotopic (exact) mass is 566 g/mol. The third-order valence-electron chi connectivity index (χ3n) is 8.01. The molecule has 1 atom stereocenters. The molecule has 6 nitrogen and oxygen atoms in total. The molecule has 2 aliphatic rings. The van der Waals surface area contributed by atoms with Crippen LogP contribution >= 0.6 is 11.6 Å². The van der Waals surface area contributed by atoms with Gasteiger partial charge in [0.2, 0.25) is 0 Å². The number of aryl methyl sites for hydroxylation is 1. The Morgan fingerprint density at radius 1 is 0.923 bits per heavy atom. The number of nitrogens with one attached hydrogen (secondary N) is 1. The van der Waals surface area contributed by atoms with Crippen molar-refractivity contribution in [2.45, 2.75) is 43.5 Å². The Labute approximate surface area is 238 Å². The number of hydrogen-bond donors (Lipinski definition) is 1. The second-order valence-electron chi connectivity index (χ2n) is 10.6. The highest BCUT2D eigenvalue weighted by Crippen LogP contribution is 2.29. The smallest absolute Gasteiger partial charge is 0.261 e. The first-order valence-electron chi connectivity index (χ1n) is 14.1. The summed E-state index contributed by atoms with van der Waals surface area (Å²) in [6.07, 6.45) is 4.25. The summed E-state index contributed by atoms with van der Waals surface area (Å²) < 4.78 is 28.6. The van der Waals surface area contributed by atoms with Crippen LogP contribution in [0.15, 0.2) is 77.7 Å². The van der Waals surface area contributed by atoms with Gasteiger partial charge in [0.15, 0.2) is 0 Å². The fraction of sp³-hybridized carbons (Fsp3) is 0.419. The van der Waals surface area contributed by atoms with Crippen molar-refractivity contribution in [3.05, 3.63) is 88.9 Å². The number of piperazine rings is 1. The highest BCUT2D eigenvalue weighted by atomic mass is 35.5. The van der Waals surface area contributed by atoms with Crippen LogP contribution in [0.3, 0.4) is 0 Å². The predicted molar refractivity (Wildman–Crippen MR) is 161 cm³/mol. The van der Waals surface area contributed by atoms with Gasteiger partial charge in [0.25, 0.3) is 10.0 Å². The van der Waals surface area contributed by atoms with Gasteiger partial charge in [-0.2, -0.15) is 0 Å². The van der Waals surface area contributed by atoms with E-state index in [-0.39, 0.29) is 4.90 Å². The van der Waals surface area contributed by atoms with E-state index in [2.05, 4.69) is 62.7 Å². The van der Waals surface area contributed by atoms with Crippen molar-refractivity contribution in [3.63, 3.8) is 0 Å². The van der Waals surface area contributed by atoms with Crippen LogP contribution in [0.2, 0.25) is 5.02 Å². The van der Waals surface area contributed by atoms with Gasteiger partial charge in [0.1, 0.15) is 0 Å². The quantitative estimate of drug-likeness (QED) is 0.349. The summed E-state index contributed by atoms with van der Waals surface area (Å²) in [4.78, 5) is 7.96. The van der Waals surface area contributed by atoms with E-state index in [4.69, 9.17) is 11.6 Å². The summed E-state index contributed by atoms with van der Waals surface area (Å²) in [7, 11) is -3.67. The van der Waals surface area contributed by atoms with Crippen LogP contribution < -0.4 is 9.62 Å². The van der Waals surface area contributed by atoms with Gasteiger partial charge in [-0.1, -0.05) is 42.8 Å². The summed E-state index contributed by atoms with van der Waals surface area (Å²) in [5.41, 5.74) is 4.51. The molecule has 1 saturated heterocycles. The van der Waals surface area contributed by atoms with Crippen LogP contribution in [0.25, 0.3) is 0 Å². The molecular formula is C31H39ClN4O2S. The molecule has 3 aromatic rings. The number of hydrogen-bond acceptors (Lipinski definition) is 5. The van der Waals surface area contributed by atoms with Gasteiger partial charge >= 0.3 is 0 Å². The van der Waals surface area contributed by atoms with Gasteiger partial charge in [0, 0.05) is 61.7 Å². The van der Waals surface area contributed by atoms with Gasteiger partial charge in [-0.05, 0) is 91.9 Å². The lowest BCUT2D eigenvalue weighted by molar-refractivity contribution is 0.145. The molecule has 1 N–H and O–H groups in total. The number of nitrogens with zero attached hydrogens (tertiary/aromatic N) is 3. The lowest BCUT2D eigenvalue weighted by Crippen LogP contribution is -2.50. The molecule has 0 aromatic heterocycles. The summed E-state index contributed by atoms with van der Waals surface area (Å²) in [5.74, 6) is 0. The molecule has 3 aromatic carbocycles. The topological polar surface area (TPSA) is 55.9 Å². The van der Waals surface area contributed by atoms with Crippen LogP contribution in [0, 0.1) is 0 Å². The minimum atomic E-state index is -3.67. The van der Waals surface area contributed by atoms with E-state index in [1.54, 1.807) is 12.1 Å². The van der Waals surface area contributed by atoms with Crippen molar-refractivity contribution >= 4 is 33.0 Å². The zero-order valence-corrected chi connectivity index (χ0v) is 24.3. The molecule has 1 aliphatic carbocycles. The number of rotatable bonds is 10. The number of para-hydroxylation sites is 1. The van der Waals surface area contributed by atoms with Gasteiger partial charge in [0.05, 0.1) is 4.90 Å². The van der Waals surface area contributed by atoms with Crippen molar-refractivity contribution in [2.75, 3.05) is 55.4 Å². The van der Waals surface area contributed by atoms with Crippen molar-refractivity contribution in [2.24, 2.45) is 0 Å². The Hall–Kier alpha value is -2.58. The lowest BCUT2D eigenvalue weighted by atomic mass is 9.87. The standard InChI is InChI=1S/C31H39ClN4O2S/c1-2-16-35(20-17-34-18-21-36(22-19-34)29-6-4-3-5-7-29)30-13-9-25-8-12-28(23-26(25)24-30)33-39(37,38)31-14-10-27(32)11-15-31/h3-8,10-12,14-15,23,30,33H,2,9,13,16-22,24H2,1H3. The molecule has 8 heteroatoms. The summed E-state index contributed by atoms with van der Waals surface area (Å²) in [6, 6.07) is 23.4. The molecule has 1 aliphatic heterocycles. The average molecular weight is 567 g/mol. The first-order valence-corrected chi connectivity index (χ1v) is 15.9. The molecule has 5 rings (SSSR count). The van der Waals surface area contributed by atoms with Crippen molar-refractivity contribution in [1.29, 1.82) is 0 Å². The van der Waals surface area contributed by atoms with Gasteiger partial charge in [-0.3, -0.25) is 14.5 Å². The van der Waals surface area contributed by atoms with Crippen LogP contribution in [0.1, 0.15) is 30.9 Å². The Morgan fingerprint density at radius 3 is 2.38 bits per heavy atom. The third kappa shape index (κ3) is 7.14. The fourth-order valence-electron chi connectivity index (χ4n) is 5.84. The molecule has 0 bridgehead atoms. The fourth-order valence-corrected chi connectivity index (χ4v) is 7.02. The van der Waals surface area contributed by atoms with E-state index in [1.165, 1.54) is 28.9 Å². The first kappa shape index (κ1) is 28.0.